The number of hydrogen-bond donors (Lipinski definition) is 1. The molecule has 1 saturated heterocycles. The molecule has 124 valence electrons. The molecule has 0 radical (unpaired) electrons. The maximum atomic E-state index is 10.9. The highest BCUT2D eigenvalue weighted by Gasteiger charge is 2.22. The van der Waals surface area contributed by atoms with Gasteiger partial charge in [-0.1, -0.05) is 0 Å². The molecule has 0 amide bonds. The minimum atomic E-state index is -0.985. The number of aryl methyl sites for hydroxylation is 1. The number of nitrogens with zero attached hydrogens (tertiary/aromatic N) is 4. The summed E-state index contributed by atoms with van der Waals surface area (Å²) in [7, 11) is 3.82. The van der Waals surface area contributed by atoms with Crippen molar-refractivity contribution in [1.82, 2.24) is 19.6 Å². The van der Waals surface area contributed by atoms with Crippen LogP contribution in [0.4, 0.5) is 0 Å². The maximum Gasteiger partial charge on any atom is 0.356 e. The van der Waals surface area contributed by atoms with Gasteiger partial charge in [-0.25, -0.2) is 4.79 Å². The van der Waals surface area contributed by atoms with Gasteiger partial charge in [-0.2, -0.15) is 5.10 Å². The Morgan fingerprint density at radius 1 is 1.45 bits per heavy atom. The highest BCUT2D eigenvalue weighted by molar-refractivity contribution is 5.85. The van der Waals surface area contributed by atoms with E-state index in [1.807, 2.05) is 7.05 Å². The molecular weight excluding hydrogens is 284 g/mol. The largest absolute Gasteiger partial charge is 0.476 e. The van der Waals surface area contributed by atoms with Crippen molar-refractivity contribution in [2.45, 2.75) is 32.6 Å². The van der Waals surface area contributed by atoms with Gasteiger partial charge in [0, 0.05) is 39.8 Å². The molecule has 0 spiro atoms. The number of likely N-dealkylation sites (N-methyl/N-ethyl adjacent to an activating group) is 1. The summed E-state index contributed by atoms with van der Waals surface area (Å²) in [6.45, 7) is 8.74. The second kappa shape index (κ2) is 7.21. The molecule has 1 aromatic heterocycles. The minimum Gasteiger partial charge on any atom is -0.476 e. The lowest BCUT2D eigenvalue weighted by Crippen LogP contribution is -2.47. The van der Waals surface area contributed by atoms with Crippen molar-refractivity contribution in [3.8, 4) is 0 Å². The van der Waals surface area contributed by atoms with Gasteiger partial charge in [-0.15, -0.1) is 0 Å². The lowest BCUT2D eigenvalue weighted by atomic mass is 10.2. The van der Waals surface area contributed by atoms with Crippen molar-refractivity contribution in [3.63, 3.8) is 0 Å². The smallest absolute Gasteiger partial charge is 0.356 e. The number of hydrogen-bond acceptors (Lipinski definition) is 5. The van der Waals surface area contributed by atoms with E-state index in [4.69, 9.17) is 9.84 Å². The van der Waals surface area contributed by atoms with Crippen LogP contribution in [-0.2, 0) is 18.3 Å². The molecule has 1 aliphatic heterocycles. The number of carboxylic acid groups (broad SMARTS) is 1. The standard InChI is InChI=1S/C15H26N4O3/c1-11-8-19(9-12(2)22-11)6-5-17(3)10-13-7-14(15(20)21)16-18(13)4/h7,11-12H,5-6,8-10H2,1-4H3,(H,20,21)/t11-,12+. The summed E-state index contributed by atoms with van der Waals surface area (Å²) >= 11 is 0. The highest BCUT2D eigenvalue weighted by atomic mass is 16.5. The first-order valence-electron chi connectivity index (χ1n) is 7.67. The van der Waals surface area contributed by atoms with Crippen molar-refractivity contribution >= 4 is 5.97 Å². The van der Waals surface area contributed by atoms with Crippen molar-refractivity contribution in [2.24, 2.45) is 7.05 Å². The van der Waals surface area contributed by atoms with Gasteiger partial charge in [-0.3, -0.25) is 14.5 Å². The Balaban J connectivity index is 1.83. The van der Waals surface area contributed by atoms with E-state index in [1.165, 1.54) is 0 Å². The summed E-state index contributed by atoms with van der Waals surface area (Å²) in [5.74, 6) is -0.985. The van der Waals surface area contributed by atoms with Gasteiger partial charge < -0.3 is 9.84 Å². The van der Waals surface area contributed by atoms with E-state index in [-0.39, 0.29) is 17.9 Å². The summed E-state index contributed by atoms with van der Waals surface area (Å²) in [5, 5.41) is 13.0. The van der Waals surface area contributed by atoms with Gasteiger partial charge in [0.2, 0.25) is 0 Å². The number of morpholine rings is 1. The van der Waals surface area contributed by atoms with E-state index in [1.54, 1.807) is 17.8 Å². The lowest BCUT2D eigenvalue weighted by Gasteiger charge is -2.36. The summed E-state index contributed by atoms with van der Waals surface area (Å²) in [5.41, 5.74) is 1.00. The molecule has 22 heavy (non-hydrogen) atoms. The average Bonchev–Trinajstić information content (AvgIpc) is 2.77. The zero-order chi connectivity index (χ0) is 16.3. The van der Waals surface area contributed by atoms with Crippen LogP contribution in [-0.4, -0.2) is 76.1 Å². The molecule has 0 aliphatic carbocycles. The molecule has 0 bridgehead atoms. The van der Waals surface area contributed by atoms with Crippen LogP contribution in [0.25, 0.3) is 0 Å². The highest BCUT2D eigenvalue weighted by Crippen LogP contribution is 2.11. The Labute approximate surface area is 131 Å². The van der Waals surface area contributed by atoms with Gasteiger partial charge in [-0.05, 0) is 27.0 Å². The van der Waals surface area contributed by atoms with Crippen LogP contribution in [0.3, 0.4) is 0 Å². The molecule has 2 rings (SSSR count). The molecule has 1 fully saturated rings. The van der Waals surface area contributed by atoms with Crippen LogP contribution < -0.4 is 0 Å². The maximum absolute atomic E-state index is 10.9. The Morgan fingerprint density at radius 2 is 2.09 bits per heavy atom. The van der Waals surface area contributed by atoms with Gasteiger partial charge in [0.15, 0.2) is 5.69 Å². The Bertz CT molecular complexity index is 507. The zero-order valence-electron chi connectivity index (χ0n) is 13.8. The van der Waals surface area contributed by atoms with Crippen molar-refractivity contribution < 1.29 is 14.6 Å². The second-order valence-electron chi connectivity index (χ2n) is 6.20. The van der Waals surface area contributed by atoms with Crippen LogP contribution in [0.15, 0.2) is 6.07 Å². The van der Waals surface area contributed by atoms with E-state index in [0.717, 1.165) is 31.9 Å². The van der Waals surface area contributed by atoms with Gasteiger partial charge in [0.05, 0.1) is 17.9 Å². The average molecular weight is 310 g/mol. The number of ether oxygens (including phenoxy) is 1. The molecular formula is C15H26N4O3. The van der Waals surface area contributed by atoms with Crippen LogP contribution in [0.2, 0.25) is 0 Å². The number of aromatic carboxylic acids is 1. The van der Waals surface area contributed by atoms with E-state index >= 15 is 0 Å². The SMILES string of the molecule is C[C@@H]1CN(CCN(C)Cc2cc(C(=O)O)nn2C)C[C@H](C)O1. The van der Waals surface area contributed by atoms with Crippen molar-refractivity contribution in [2.75, 3.05) is 33.2 Å². The molecule has 0 saturated carbocycles. The molecule has 1 N–H and O–H groups in total. The fourth-order valence-corrected chi connectivity index (χ4v) is 2.89. The van der Waals surface area contributed by atoms with Gasteiger partial charge >= 0.3 is 5.97 Å². The molecule has 2 atom stereocenters. The van der Waals surface area contributed by atoms with E-state index in [2.05, 4.69) is 28.7 Å². The van der Waals surface area contributed by atoms with Crippen LogP contribution in [0.1, 0.15) is 30.0 Å². The zero-order valence-corrected chi connectivity index (χ0v) is 13.8. The number of carboxylic acids is 1. The fraction of sp³-hybridized carbons (Fsp3) is 0.733. The predicted molar refractivity (Wildman–Crippen MR) is 83.0 cm³/mol. The fourth-order valence-electron chi connectivity index (χ4n) is 2.89. The first kappa shape index (κ1) is 16.9. The third kappa shape index (κ3) is 4.53. The van der Waals surface area contributed by atoms with Gasteiger partial charge in [0.25, 0.3) is 0 Å². The summed E-state index contributed by atoms with van der Waals surface area (Å²) in [6, 6.07) is 1.64. The molecule has 0 unspecified atom stereocenters. The minimum absolute atomic E-state index is 0.0988. The molecule has 2 heterocycles. The topological polar surface area (TPSA) is 70.8 Å². The van der Waals surface area contributed by atoms with Gasteiger partial charge in [0.1, 0.15) is 0 Å². The monoisotopic (exact) mass is 310 g/mol. The molecule has 7 heteroatoms. The van der Waals surface area contributed by atoms with Crippen molar-refractivity contribution in [3.05, 3.63) is 17.5 Å². The Kier molecular flexibility index (Phi) is 5.55. The number of aromatic nitrogens is 2. The lowest BCUT2D eigenvalue weighted by molar-refractivity contribution is -0.0691. The Morgan fingerprint density at radius 3 is 2.64 bits per heavy atom. The third-order valence-corrected chi connectivity index (χ3v) is 3.92. The summed E-state index contributed by atoms with van der Waals surface area (Å²) < 4.78 is 7.37. The van der Waals surface area contributed by atoms with Crippen molar-refractivity contribution in [1.29, 1.82) is 0 Å². The summed E-state index contributed by atoms with van der Waals surface area (Å²) in [6.07, 6.45) is 0.563. The second-order valence-corrected chi connectivity index (χ2v) is 6.20. The normalized spacial score (nSPS) is 23.1. The molecule has 1 aromatic rings. The van der Waals surface area contributed by atoms with Crippen LogP contribution in [0, 0.1) is 0 Å². The third-order valence-electron chi connectivity index (χ3n) is 3.92. The molecule has 1 aliphatic rings. The number of rotatable bonds is 6. The predicted octanol–water partition coefficient (Wildman–Crippen LogP) is 0.659. The Hall–Kier alpha value is -1.44. The molecule has 0 aromatic carbocycles. The van der Waals surface area contributed by atoms with E-state index in [0.29, 0.717) is 6.54 Å². The quantitative estimate of drug-likeness (QED) is 0.832. The van der Waals surface area contributed by atoms with E-state index in [9.17, 15) is 4.79 Å². The van der Waals surface area contributed by atoms with Crippen LogP contribution in [0.5, 0.6) is 0 Å². The van der Waals surface area contributed by atoms with E-state index < -0.39 is 5.97 Å². The first-order chi connectivity index (χ1) is 10.3. The first-order valence-corrected chi connectivity index (χ1v) is 7.67. The molecule has 7 nitrogen and oxygen atoms in total. The van der Waals surface area contributed by atoms with Crippen LogP contribution >= 0.6 is 0 Å². The summed E-state index contributed by atoms with van der Waals surface area (Å²) in [4.78, 5) is 15.5. The number of carbonyl (C=O) groups is 1.